The zero-order chi connectivity index (χ0) is 11.5. The van der Waals surface area contributed by atoms with Crippen LogP contribution in [0.1, 0.15) is 11.5 Å². The molecule has 0 unspecified atom stereocenters. The highest BCUT2D eigenvalue weighted by Gasteiger charge is 2.15. The number of aromatic hydroxyl groups is 1. The third-order valence-corrected chi connectivity index (χ3v) is 1.97. The third kappa shape index (κ3) is 1.47. The number of hydrogen-bond acceptors (Lipinski definition) is 5. The van der Waals surface area contributed by atoms with E-state index in [1.807, 2.05) is 0 Å². The lowest BCUT2D eigenvalue weighted by Gasteiger charge is -1.97. The molecule has 1 N–H and O–H groups in total. The molecular weight excluding hydrogens is 206 g/mol. The van der Waals surface area contributed by atoms with Crippen molar-refractivity contribution in [3.8, 4) is 29.3 Å². The van der Waals surface area contributed by atoms with Gasteiger partial charge < -0.3 is 9.52 Å². The van der Waals surface area contributed by atoms with E-state index in [2.05, 4.69) is 4.98 Å². The molecule has 1 aromatic carbocycles. The standard InChI is InChI=1S/C11H5N3O2/c12-5-8-10(6-13)16-11(14-8)7-3-1-2-4-9(7)15/h1-4,15H. The third-order valence-electron chi connectivity index (χ3n) is 1.97. The number of nitriles is 2. The molecule has 5 nitrogen and oxygen atoms in total. The molecule has 0 bridgehead atoms. The van der Waals surface area contributed by atoms with Crippen LogP contribution in [0.5, 0.6) is 5.75 Å². The van der Waals surface area contributed by atoms with Crippen LogP contribution >= 0.6 is 0 Å². The van der Waals surface area contributed by atoms with Crippen molar-refractivity contribution in [2.45, 2.75) is 0 Å². The van der Waals surface area contributed by atoms with Gasteiger partial charge in [0, 0.05) is 0 Å². The number of oxazole rings is 1. The van der Waals surface area contributed by atoms with Crippen LogP contribution < -0.4 is 0 Å². The lowest BCUT2D eigenvalue weighted by Crippen LogP contribution is -1.79. The summed E-state index contributed by atoms with van der Waals surface area (Å²) < 4.78 is 5.07. The molecule has 0 aliphatic rings. The fourth-order valence-corrected chi connectivity index (χ4v) is 1.24. The molecule has 1 aromatic heterocycles. The Morgan fingerprint density at radius 2 is 1.94 bits per heavy atom. The number of nitrogens with zero attached hydrogens (tertiary/aromatic N) is 3. The number of aromatic nitrogens is 1. The van der Waals surface area contributed by atoms with Crippen LogP contribution in [0.4, 0.5) is 0 Å². The van der Waals surface area contributed by atoms with Crippen LogP contribution in [0.3, 0.4) is 0 Å². The van der Waals surface area contributed by atoms with Gasteiger partial charge in [-0.1, -0.05) is 12.1 Å². The maximum absolute atomic E-state index is 9.54. The fraction of sp³-hybridized carbons (Fsp3) is 0. The number of para-hydroxylation sites is 1. The van der Waals surface area contributed by atoms with E-state index < -0.39 is 0 Å². The predicted molar refractivity (Wildman–Crippen MR) is 53.0 cm³/mol. The molecule has 0 aliphatic heterocycles. The van der Waals surface area contributed by atoms with Gasteiger partial charge in [0.15, 0.2) is 5.69 Å². The Bertz CT molecular complexity index is 585. The van der Waals surface area contributed by atoms with Crippen LogP contribution in [-0.2, 0) is 0 Å². The minimum absolute atomic E-state index is 0.0160. The molecule has 0 radical (unpaired) electrons. The largest absolute Gasteiger partial charge is 0.507 e. The van der Waals surface area contributed by atoms with Gasteiger partial charge in [-0.15, -0.1) is 0 Å². The van der Waals surface area contributed by atoms with Gasteiger partial charge in [0.2, 0.25) is 11.7 Å². The fourth-order valence-electron chi connectivity index (χ4n) is 1.24. The molecule has 0 spiro atoms. The van der Waals surface area contributed by atoms with E-state index in [9.17, 15) is 5.11 Å². The first kappa shape index (κ1) is 9.75. The van der Waals surface area contributed by atoms with Crippen molar-refractivity contribution in [3.63, 3.8) is 0 Å². The molecule has 2 rings (SSSR count). The highest BCUT2D eigenvalue weighted by atomic mass is 16.4. The number of rotatable bonds is 1. The van der Waals surface area contributed by atoms with Crippen molar-refractivity contribution in [2.75, 3.05) is 0 Å². The molecule has 0 aliphatic carbocycles. The highest BCUT2D eigenvalue weighted by molar-refractivity contribution is 5.63. The lowest BCUT2D eigenvalue weighted by molar-refractivity contribution is 0.472. The molecule has 5 heteroatoms. The first-order valence-corrected chi connectivity index (χ1v) is 4.35. The van der Waals surface area contributed by atoms with Crippen molar-refractivity contribution in [3.05, 3.63) is 35.7 Å². The van der Waals surface area contributed by atoms with Gasteiger partial charge >= 0.3 is 0 Å². The Kier molecular flexibility index (Phi) is 2.29. The Balaban J connectivity index is 2.60. The van der Waals surface area contributed by atoms with E-state index in [1.54, 1.807) is 30.3 Å². The normalized spacial score (nSPS) is 9.38. The molecule has 1 heterocycles. The van der Waals surface area contributed by atoms with Gasteiger partial charge in [-0.2, -0.15) is 15.5 Å². The van der Waals surface area contributed by atoms with Crippen molar-refractivity contribution >= 4 is 0 Å². The van der Waals surface area contributed by atoms with Gasteiger partial charge in [0.1, 0.15) is 17.9 Å². The van der Waals surface area contributed by atoms with E-state index in [4.69, 9.17) is 14.9 Å². The minimum atomic E-state index is -0.152. The second kappa shape index (κ2) is 3.76. The summed E-state index contributed by atoms with van der Waals surface area (Å²) in [5, 5.41) is 26.9. The van der Waals surface area contributed by atoms with Crippen LogP contribution in [0.2, 0.25) is 0 Å². The summed E-state index contributed by atoms with van der Waals surface area (Å²) in [7, 11) is 0. The van der Waals surface area contributed by atoms with Gasteiger partial charge in [0.25, 0.3) is 0 Å². The summed E-state index contributed by atoms with van der Waals surface area (Å²) in [4.78, 5) is 3.82. The maximum atomic E-state index is 9.54. The first-order chi connectivity index (χ1) is 7.76. The maximum Gasteiger partial charge on any atom is 0.242 e. The smallest absolute Gasteiger partial charge is 0.242 e. The minimum Gasteiger partial charge on any atom is -0.507 e. The first-order valence-electron chi connectivity index (χ1n) is 4.35. The lowest BCUT2D eigenvalue weighted by atomic mass is 10.2. The molecular formula is C11H5N3O2. The van der Waals surface area contributed by atoms with Crippen molar-refractivity contribution in [1.82, 2.24) is 4.98 Å². The number of phenolic OH excluding ortho intramolecular Hbond substituents is 1. The Labute approximate surface area is 90.8 Å². The van der Waals surface area contributed by atoms with Crippen LogP contribution in [0.15, 0.2) is 28.7 Å². The van der Waals surface area contributed by atoms with Gasteiger partial charge in [0.05, 0.1) is 5.56 Å². The zero-order valence-electron chi connectivity index (χ0n) is 8.01. The summed E-state index contributed by atoms with van der Waals surface area (Å²) >= 11 is 0. The van der Waals surface area contributed by atoms with Gasteiger partial charge in [-0.25, -0.2) is 0 Å². The van der Waals surface area contributed by atoms with E-state index in [0.717, 1.165) is 0 Å². The summed E-state index contributed by atoms with van der Waals surface area (Å²) in [6.07, 6.45) is 0. The van der Waals surface area contributed by atoms with E-state index in [-0.39, 0.29) is 23.1 Å². The van der Waals surface area contributed by atoms with Crippen molar-refractivity contribution < 1.29 is 9.52 Å². The topological polar surface area (TPSA) is 93.8 Å². The van der Waals surface area contributed by atoms with Gasteiger partial charge in [-0.3, -0.25) is 0 Å². The predicted octanol–water partition coefficient (Wildman–Crippen LogP) is 1.79. The Morgan fingerprint density at radius 3 is 2.50 bits per heavy atom. The second-order valence-electron chi connectivity index (χ2n) is 2.94. The van der Waals surface area contributed by atoms with E-state index in [0.29, 0.717) is 5.56 Å². The average molecular weight is 211 g/mol. The number of hydrogen-bond donors (Lipinski definition) is 1. The number of benzene rings is 1. The summed E-state index contributed by atoms with van der Waals surface area (Å²) in [6.45, 7) is 0. The molecule has 16 heavy (non-hydrogen) atoms. The molecule has 0 atom stereocenters. The monoisotopic (exact) mass is 211 g/mol. The zero-order valence-corrected chi connectivity index (χ0v) is 8.01. The molecule has 76 valence electrons. The molecule has 0 saturated heterocycles. The summed E-state index contributed by atoms with van der Waals surface area (Å²) in [5.41, 5.74) is 0.265. The summed E-state index contributed by atoms with van der Waals surface area (Å²) in [5.74, 6) is -0.107. The molecule has 0 amide bonds. The van der Waals surface area contributed by atoms with Crippen LogP contribution in [0.25, 0.3) is 11.5 Å². The van der Waals surface area contributed by atoms with E-state index in [1.165, 1.54) is 6.07 Å². The Morgan fingerprint density at radius 1 is 1.19 bits per heavy atom. The Hall–Kier alpha value is -2.79. The quantitative estimate of drug-likeness (QED) is 0.775. The highest BCUT2D eigenvalue weighted by Crippen LogP contribution is 2.28. The second-order valence-corrected chi connectivity index (χ2v) is 2.94. The molecule has 2 aromatic rings. The molecule has 0 fully saturated rings. The van der Waals surface area contributed by atoms with E-state index >= 15 is 0 Å². The van der Waals surface area contributed by atoms with Crippen molar-refractivity contribution in [1.29, 1.82) is 10.5 Å². The van der Waals surface area contributed by atoms with Crippen LogP contribution in [0, 0.1) is 22.7 Å². The van der Waals surface area contributed by atoms with Crippen LogP contribution in [-0.4, -0.2) is 10.1 Å². The van der Waals surface area contributed by atoms with Gasteiger partial charge in [-0.05, 0) is 12.1 Å². The SMILES string of the molecule is N#Cc1nc(-c2ccccc2O)oc1C#N. The van der Waals surface area contributed by atoms with Crippen molar-refractivity contribution in [2.24, 2.45) is 0 Å². The number of phenols is 1. The summed E-state index contributed by atoms with van der Waals surface area (Å²) in [6, 6.07) is 9.87. The molecule has 0 saturated carbocycles. The average Bonchev–Trinajstić information content (AvgIpc) is 2.72.